The summed E-state index contributed by atoms with van der Waals surface area (Å²) in [6.45, 7) is 2.37. The molecule has 15 heavy (non-hydrogen) atoms. The monoisotopic (exact) mass is 206 g/mol. The van der Waals surface area contributed by atoms with Gasteiger partial charge in [-0.1, -0.05) is 6.92 Å². The maximum atomic E-state index is 11.2. The smallest absolute Gasteiger partial charge is 0.227 e. The first-order valence-electron chi connectivity index (χ1n) is 4.98. The van der Waals surface area contributed by atoms with Crippen LogP contribution in [0.15, 0.2) is 24.5 Å². The Kier molecular flexibility index (Phi) is 2.34. The van der Waals surface area contributed by atoms with Gasteiger partial charge in [0.25, 0.3) is 0 Å². The molecule has 80 valence electrons. The minimum atomic E-state index is -0.449. The molecule has 0 spiro atoms. The van der Waals surface area contributed by atoms with Crippen LogP contribution in [-0.4, -0.2) is 17.5 Å². The Hall–Kier alpha value is -1.58. The molecule has 2 rings (SSSR count). The molecule has 1 amide bonds. The number of hydrogen-bond donors (Lipinski definition) is 1. The summed E-state index contributed by atoms with van der Waals surface area (Å²) in [7, 11) is 0. The largest absolute Gasteiger partial charge is 0.491 e. The molecule has 0 aliphatic heterocycles. The van der Waals surface area contributed by atoms with Crippen molar-refractivity contribution >= 4 is 5.91 Å². The SMILES string of the molecule is C[C@H]1C[C@@]1(COc1cccnc1)C(N)=O. The number of hydrogen-bond acceptors (Lipinski definition) is 3. The highest BCUT2D eigenvalue weighted by Gasteiger charge is 2.57. The van der Waals surface area contributed by atoms with Gasteiger partial charge in [0.2, 0.25) is 5.91 Å². The highest BCUT2D eigenvalue weighted by molar-refractivity contribution is 5.84. The molecule has 2 atom stereocenters. The molecular formula is C11H14N2O2. The van der Waals surface area contributed by atoms with Gasteiger partial charge < -0.3 is 10.5 Å². The molecule has 2 N–H and O–H groups in total. The summed E-state index contributed by atoms with van der Waals surface area (Å²) in [6.07, 6.45) is 4.13. The van der Waals surface area contributed by atoms with E-state index < -0.39 is 5.41 Å². The minimum absolute atomic E-state index is 0.265. The van der Waals surface area contributed by atoms with Gasteiger partial charge in [0, 0.05) is 6.20 Å². The van der Waals surface area contributed by atoms with E-state index in [1.54, 1.807) is 18.5 Å². The highest BCUT2D eigenvalue weighted by atomic mass is 16.5. The zero-order valence-corrected chi connectivity index (χ0v) is 8.64. The first-order valence-corrected chi connectivity index (χ1v) is 4.98. The van der Waals surface area contributed by atoms with Crippen LogP contribution in [0.3, 0.4) is 0 Å². The molecule has 4 nitrogen and oxygen atoms in total. The quantitative estimate of drug-likeness (QED) is 0.798. The molecule has 0 unspecified atom stereocenters. The molecule has 1 heterocycles. The summed E-state index contributed by atoms with van der Waals surface area (Å²) < 4.78 is 5.50. The number of pyridine rings is 1. The average molecular weight is 206 g/mol. The summed E-state index contributed by atoms with van der Waals surface area (Å²) in [6, 6.07) is 3.61. The van der Waals surface area contributed by atoms with Crippen LogP contribution < -0.4 is 10.5 Å². The molecule has 0 saturated heterocycles. The Labute approximate surface area is 88.4 Å². The number of nitrogens with zero attached hydrogens (tertiary/aromatic N) is 1. The molecule has 1 aromatic heterocycles. The number of carbonyl (C=O) groups excluding carboxylic acids is 1. The molecule has 4 heteroatoms. The van der Waals surface area contributed by atoms with Gasteiger partial charge in [0.05, 0.1) is 11.6 Å². The summed E-state index contributed by atoms with van der Waals surface area (Å²) in [4.78, 5) is 15.2. The molecule has 1 aliphatic rings. The normalized spacial score (nSPS) is 28.5. The van der Waals surface area contributed by atoms with E-state index in [9.17, 15) is 4.79 Å². The number of ether oxygens (including phenoxy) is 1. The van der Waals surface area contributed by atoms with Crippen molar-refractivity contribution in [2.24, 2.45) is 17.1 Å². The van der Waals surface area contributed by atoms with E-state index in [0.29, 0.717) is 18.3 Å². The number of primary amides is 1. The fraction of sp³-hybridized carbons (Fsp3) is 0.455. The standard InChI is InChI=1S/C11H14N2O2/c1-8-5-11(8,10(12)14)7-15-9-3-2-4-13-6-9/h2-4,6,8H,5,7H2,1H3,(H2,12,14)/t8-,11-/m0/s1. The molecule has 1 fully saturated rings. The third-order valence-electron chi connectivity index (χ3n) is 3.08. The molecule has 0 bridgehead atoms. The Bertz CT molecular complexity index is 366. The van der Waals surface area contributed by atoms with E-state index in [2.05, 4.69) is 4.98 Å². The van der Waals surface area contributed by atoms with E-state index in [-0.39, 0.29) is 5.91 Å². The highest BCUT2D eigenvalue weighted by Crippen LogP contribution is 2.52. The Morgan fingerprint density at radius 2 is 2.53 bits per heavy atom. The predicted molar refractivity (Wildman–Crippen MR) is 55.1 cm³/mol. The van der Waals surface area contributed by atoms with Crippen molar-refractivity contribution in [2.45, 2.75) is 13.3 Å². The van der Waals surface area contributed by atoms with Crippen LogP contribution in [0.5, 0.6) is 5.75 Å². The lowest BCUT2D eigenvalue weighted by Gasteiger charge is -2.13. The topological polar surface area (TPSA) is 65.2 Å². The fourth-order valence-electron chi connectivity index (χ4n) is 1.75. The zero-order chi connectivity index (χ0) is 10.9. The third-order valence-corrected chi connectivity index (χ3v) is 3.08. The maximum Gasteiger partial charge on any atom is 0.227 e. The van der Waals surface area contributed by atoms with Gasteiger partial charge in [0.15, 0.2) is 0 Å². The van der Waals surface area contributed by atoms with E-state index in [1.165, 1.54) is 0 Å². The van der Waals surface area contributed by atoms with Crippen LogP contribution in [0, 0.1) is 11.3 Å². The molecular weight excluding hydrogens is 192 g/mol. The Balaban J connectivity index is 1.97. The van der Waals surface area contributed by atoms with Gasteiger partial charge in [-0.2, -0.15) is 0 Å². The summed E-state index contributed by atoms with van der Waals surface area (Å²) in [5, 5.41) is 0. The van der Waals surface area contributed by atoms with E-state index >= 15 is 0 Å². The van der Waals surface area contributed by atoms with Crippen LogP contribution in [-0.2, 0) is 4.79 Å². The average Bonchev–Trinajstić information content (AvgIpc) is 2.90. The minimum Gasteiger partial charge on any atom is -0.491 e. The van der Waals surface area contributed by atoms with Gasteiger partial charge >= 0.3 is 0 Å². The first-order chi connectivity index (χ1) is 7.15. The second kappa shape index (κ2) is 3.53. The lowest BCUT2D eigenvalue weighted by molar-refractivity contribution is -0.124. The number of rotatable bonds is 4. The maximum absolute atomic E-state index is 11.2. The molecule has 1 saturated carbocycles. The first kappa shape index (κ1) is 9.96. The van der Waals surface area contributed by atoms with E-state index in [0.717, 1.165) is 6.42 Å². The van der Waals surface area contributed by atoms with Crippen molar-refractivity contribution in [1.82, 2.24) is 4.98 Å². The van der Waals surface area contributed by atoms with E-state index in [1.807, 2.05) is 13.0 Å². The van der Waals surface area contributed by atoms with Gasteiger partial charge in [0.1, 0.15) is 12.4 Å². The lowest BCUT2D eigenvalue weighted by Crippen LogP contribution is -2.31. The van der Waals surface area contributed by atoms with Crippen molar-refractivity contribution in [1.29, 1.82) is 0 Å². The van der Waals surface area contributed by atoms with Crippen LogP contribution in [0.4, 0.5) is 0 Å². The summed E-state index contributed by atoms with van der Waals surface area (Å²) in [5.41, 5.74) is 4.90. The van der Waals surface area contributed by atoms with Crippen LogP contribution in [0.25, 0.3) is 0 Å². The van der Waals surface area contributed by atoms with Gasteiger partial charge in [-0.15, -0.1) is 0 Å². The zero-order valence-electron chi connectivity index (χ0n) is 8.64. The van der Waals surface area contributed by atoms with Gasteiger partial charge in [-0.05, 0) is 24.5 Å². The second-order valence-electron chi connectivity index (χ2n) is 4.10. The lowest BCUT2D eigenvalue weighted by atomic mass is 10.1. The molecule has 0 aromatic carbocycles. The molecule has 0 radical (unpaired) electrons. The van der Waals surface area contributed by atoms with Crippen molar-refractivity contribution in [3.63, 3.8) is 0 Å². The van der Waals surface area contributed by atoms with Gasteiger partial charge in [-0.3, -0.25) is 9.78 Å². The van der Waals surface area contributed by atoms with Crippen molar-refractivity contribution in [3.05, 3.63) is 24.5 Å². The summed E-state index contributed by atoms with van der Waals surface area (Å²) >= 11 is 0. The number of amides is 1. The van der Waals surface area contributed by atoms with Crippen molar-refractivity contribution in [2.75, 3.05) is 6.61 Å². The number of nitrogens with two attached hydrogens (primary N) is 1. The number of carbonyl (C=O) groups is 1. The summed E-state index contributed by atoms with van der Waals surface area (Å²) in [5.74, 6) is 0.739. The van der Waals surface area contributed by atoms with Crippen LogP contribution in [0.1, 0.15) is 13.3 Å². The fourth-order valence-corrected chi connectivity index (χ4v) is 1.75. The van der Waals surface area contributed by atoms with Crippen LogP contribution >= 0.6 is 0 Å². The molecule has 1 aliphatic carbocycles. The van der Waals surface area contributed by atoms with Gasteiger partial charge in [-0.25, -0.2) is 0 Å². The predicted octanol–water partition coefficient (Wildman–Crippen LogP) is 0.972. The van der Waals surface area contributed by atoms with Crippen molar-refractivity contribution in [3.8, 4) is 5.75 Å². The van der Waals surface area contributed by atoms with Crippen LogP contribution in [0.2, 0.25) is 0 Å². The van der Waals surface area contributed by atoms with E-state index in [4.69, 9.17) is 10.5 Å². The Morgan fingerprint density at radius 3 is 3.00 bits per heavy atom. The molecule has 1 aromatic rings. The van der Waals surface area contributed by atoms with Crippen molar-refractivity contribution < 1.29 is 9.53 Å². The Morgan fingerprint density at radius 1 is 1.80 bits per heavy atom. The number of aromatic nitrogens is 1. The second-order valence-corrected chi connectivity index (χ2v) is 4.10. The third kappa shape index (κ3) is 1.79.